The van der Waals surface area contributed by atoms with Crippen LogP contribution in [0, 0.1) is 6.92 Å². The van der Waals surface area contributed by atoms with Crippen LogP contribution in [0.25, 0.3) is 10.9 Å². The van der Waals surface area contributed by atoms with Crippen molar-refractivity contribution in [3.63, 3.8) is 0 Å². The molecule has 7 nitrogen and oxygen atoms in total. The summed E-state index contributed by atoms with van der Waals surface area (Å²) in [7, 11) is 0. The van der Waals surface area contributed by atoms with Crippen LogP contribution in [0.5, 0.6) is 11.5 Å². The topological polar surface area (TPSA) is 92.5 Å². The zero-order valence-electron chi connectivity index (χ0n) is 14.0. The molecule has 4 rings (SSSR count). The third-order valence-corrected chi connectivity index (χ3v) is 4.12. The van der Waals surface area contributed by atoms with E-state index in [-0.39, 0.29) is 6.61 Å². The van der Waals surface area contributed by atoms with Gasteiger partial charge in [0.25, 0.3) is 11.8 Å². The van der Waals surface area contributed by atoms with Crippen molar-refractivity contribution in [2.45, 2.75) is 13.0 Å². The number of rotatable bonds is 2. The zero-order chi connectivity index (χ0) is 18.1. The molecule has 0 bridgehead atoms. The summed E-state index contributed by atoms with van der Waals surface area (Å²) in [6, 6.07) is 14.7. The first-order chi connectivity index (χ1) is 12.6. The highest BCUT2D eigenvalue weighted by molar-refractivity contribution is 5.99. The molecule has 132 valence electrons. The molecule has 2 aromatic carbocycles. The average Bonchev–Trinajstić information content (AvgIpc) is 3.08. The fraction of sp³-hybridized carbons (Fsp3) is 0.158. The molecule has 0 saturated heterocycles. The minimum absolute atomic E-state index is 0.0738. The average molecular weight is 351 g/mol. The molecule has 0 radical (unpaired) electrons. The molecule has 1 atom stereocenters. The molecule has 3 N–H and O–H groups in total. The summed E-state index contributed by atoms with van der Waals surface area (Å²) < 4.78 is 11.1. The van der Waals surface area contributed by atoms with E-state index in [4.69, 9.17) is 9.47 Å². The van der Waals surface area contributed by atoms with Crippen molar-refractivity contribution in [3.8, 4) is 11.5 Å². The lowest BCUT2D eigenvalue weighted by Gasteiger charge is -2.25. The van der Waals surface area contributed by atoms with E-state index in [0.29, 0.717) is 17.2 Å². The summed E-state index contributed by atoms with van der Waals surface area (Å²) in [5.41, 5.74) is 7.08. The highest BCUT2D eigenvalue weighted by Gasteiger charge is 2.27. The zero-order valence-corrected chi connectivity index (χ0v) is 14.0. The number of hydrazine groups is 1. The van der Waals surface area contributed by atoms with Gasteiger partial charge in [0.05, 0.1) is 0 Å². The van der Waals surface area contributed by atoms with Crippen LogP contribution in [0.3, 0.4) is 0 Å². The number of aromatic amines is 1. The Bertz CT molecular complexity index is 995. The van der Waals surface area contributed by atoms with E-state index in [9.17, 15) is 9.59 Å². The van der Waals surface area contributed by atoms with Gasteiger partial charge in [-0.1, -0.05) is 24.3 Å². The maximum absolute atomic E-state index is 12.3. The first-order valence-electron chi connectivity index (χ1n) is 8.18. The van der Waals surface area contributed by atoms with E-state index < -0.39 is 17.9 Å². The molecular formula is C19H17N3O4. The van der Waals surface area contributed by atoms with E-state index in [1.165, 1.54) is 0 Å². The normalized spacial score (nSPS) is 15.5. The molecule has 1 unspecified atom stereocenters. The molecule has 0 aliphatic carbocycles. The van der Waals surface area contributed by atoms with Gasteiger partial charge in [-0.15, -0.1) is 0 Å². The lowest BCUT2D eigenvalue weighted by Crippen LogP contribution is -2.50. The van der Waals surface area contributed by atoms with Crippen molar-refractivity contribution in [2.75, 3.05) is 6.61 Å². The highest BCUT2D eigenvalue weighted by atomic mass is 16.6. The van der Waals surface area contributed by atoms with Gasteiger partial charge in [-0.3, -0.25) is 20.4 Å². The van der Waals surface area contributed by atoms with Crippen LogP contribution < -0.4 is 20.3 Å². The fourth-order valence-corrected chi connectivity index (χ4v) is 2.78. The molecular weight excluding hydrogens is 334 g/mol. The summed E-state index contributed by atoms with van der Waals surface area (Å²) >= 11 is 0. The van der Waals surface area contributed by atoms with E-state index in [2.05, 4.69) is 15.8 Å². The SMILES string of the molecule is Cc1ccc2cc(C(=O)NNC(=O)C3COc4ccccc4O3)[nH]c2c1. The fourth-order valence-electron chi connectivity index (χ4n) is 2.78. The second-order valence-electron chi connectivity index (χ2n) is 6.08. The van der Waals surface area contributed by atoms with Gasteiger partial charge in [-0.2, -0.15) is 0 Å². The molecule has 7 heteroatoms. The summed E-state index contributed by atoms with van der Waals surface area (Å²) in [4.78, 5) is 27.5. The maximum Gasteiger partial charge on any atom is 0.286 e. The second kappa shape index (κ2) is 6.44. The number of para-hydroxylation sites is 2. The van der Waals surface area contributed by atoms with E-state index in [1.54, 1.807) is 24.3 Å². The maximum atomic E-state index is 12.3. The van der Waals surface area contributed by atoms with Crippen LogP contribution in [0.2, 0.25) is 0 Å². The lowest BCUT2D eigenvalue weighted by molar-refractivity contribution is -0.131. The first kappa shape index (κ1) is 16.0. The van der Waals surface area contributed by atoms with Crippen LogP contribution in [-0.2, 0) is 4.79 Å². The van der Waals surface area contributed by atoms with Crippen molar-refractivity contribution in [2.24, 2.45) is 0 Å². The van der Waals surface area contributed by atoms with E-state index in [1.807, 2.05) is 31.2 Å². The predicted molar refractivity (Wildman–Crippen MR) is 95.0 cm³/mol. The van der Waals surface area contributed by atoms with Gasteiger partial charge in [0, 0.05) is 10.9 Å². The minimum atomic E-state index is -0.837. The van der Waals surface area contributed by atoms with Crippen molar-refractivity contribution < 1.29 is 19.1 Å². The third-order valence-electron chi connectivity index (χ3n) is 4.12. The number of carbonyl (C=O) groups excluding carboxylic acids is 2. The number of fused-ring (bicyclic) bond motifs is 2. The molecule has 26 heavy (non-hydrogen) atoms. The Hall–Kier alpha value is -3.48. The Labute approximate surface area is 149 Å². The van der Waals surface area contributed by atoms with Gasteiger partial charge in [0.2, 0.25) is 6.10 Å². The third kappa shape index (κ3) is 3.06. The van der Waals surface area contributed by atoms with E-state index >= 15 is 0 Å². The van der Waals surface area contributed by atoms with Crippen molar-refractivity contribution in [1.82, 2.24) is 15.8 Å². The molecule has 1 aliphatic rings. The van der Waals surface area contributed by atoms with Gasteiger partial charge in [0.1, 0.15) is 12.3 Å². The van der Waals surface area contributed by atoms with E-state index in [0.717, 1.165) is 16.5 Å². The van der Waals surface area contributed by atoms with Crippen molar-refractivity contribution >= 4 is 22.7 Å². The molecule has 1 aromatic heterocycles. The number of aromatic nitrogens is 1. The largest absolute Gasteiger partial charge is 0.485 e. The molecule has 0 saturated carbocycles. The Morgan fingerprint density at radius 3 is 2.73 bits per heavy atom. The second-order valence-corrected chi connectivity index (χ2v) is 6.08. The Kier molecular flexibility index (Phi) is 3.96. The van der Waals surface area contributed by atoms with Crippen LogP contribution in [0.4, 0.5) is 0 Å². The number of H-pyrrole nitrogens is 1. The monoisotopic (exact) mass is 351 g/mol. The first-order valence-corrected chi connectivity index (χ1v) is 8.18. The van der Waals surface area contributed by atoms with Gasteiger partial charge < -0.3 is 14.5 Å². The molecule has 0 fully saturated rings. The quantitative estimate of drug-likeness (QED) is 0.616. The summed E-state index contributed by atoms with van der Waals surface area (Å²) in [6.45, 7) is 2.05. The predicted octanol–water partition coefficient (Wildman–Crippen LogP) is 2.08. The van der Waals surface area contributed by atoms with Crippen LogP contribution in [0.1, 0.15) is 16.1 Å². The van der Waals surface area contributed by atoms with Crippen LogP contribution >= 0.6 is 0 Å². The molecule has 1 aliphatic heterocycles. The smallest absolute Gasteiger partial charge is 0.286 e. The number of carbonyl (C=O) groups is 2. The van der Waals surface area contributed by atoms with Crippen LogP contribution in [0.15, 0.2) is 48.5 Å². The van der Waals surface area contributed by atoms with Gasteiger partial charge in [-0.05, 0) is 36.8 Å². The molecule has 0 spiro atoms. The number of nitrogens with one attached hydrogen (secondary N) is 3. The standard InChI is InChI=1S/C19H17N3O4/c1-11-6-7-12-9-14(20-13(12)8-11)18(23)21-22-19(24)17-10-25-15-4-2-3-5-16(15)26-17/h2-9,17,20H,10H2,1H3,(H,21,23)(H,22,24). The van der Waals surface area contributed by atoms with Gasteiger partial charge in [-0.25, -0.2) is 0 Å². The number of ether oxygens (including phenoxy) is 2. The van der Waals surface area contributed by atoms with Gasteiger partial charge in [0.15, 0.2) is 11.5 Å². The highest BCUT2D eigenvalue weighted by Crippen LogP contribution is 2.30. The summed E-state index contributed by atoms with van der Waals surface area (Å²) in [5, 5.41) is 0.924. The number of hydrogen-bond acceptors (Lipinski definition) is 4. The molecule has 3 aromatic rings. The Morgan fingerprint density at radius 1 is 1.08 bits per heavy atom. The Balaban J connectivity index is 1.38. The number of benzene rings is 2. The van der Waals surface area contributed by atoms with Crippen LogP contribution in [-0.4, -0.2) is 29.5 Å². The molecule has 2 heterocycles. The minimum Gasteiger partial charge on any atom is -0.485 e. The van der Waals surface area contributed by atoms with Gasteiger partial charge >= 0.3 is 0 Å². The van der Waals surface area contributed by atoms with Crippen molar-refractivity contribution in [1.29, 1.82) is 0 Å². The Morgan fingerprint density at radius 2 is 1.88 bits per heavy atom. The van der Waals surface area contributed by atoms with Crippen molar-refractivity contribution in [3.05, 3.63) is 59.8 Å². The number of aryl methyl sites for hydroxylation is 1. The lowest BCUT2D eigenvalue weighted by atomic mass is 10.2. The molecule has 2 amide bonds. The number of amides is 2. The summed E-state index contributed by atoms with van der Waals surface area (Å²) in [5.74, 6) is 0.161. The summed E-state index contributed by atoms with van der Waals surface area (Å²) in [6.07, 6.45) is -0.837. The number of hydrogen-bond donors (Lipinski definition) is 3.